The predicted octanol–water partition coefficient (Wildman–Crippen LogP) is 1.00. The van der Waals surface area contributed by atoms with Gasteiger partial charge in [-0.3, -0.25) is 0 Å². The van der Waals surface area contributed by atoms with Crippen LogP contribution in [0.4, 0.5) is 0 Å². The number of nitrogens with two attached hydrogens (primary N) is 1. The van der Waals surface area contributed by atoms with Crippen LogP contribution >= 0.6 is 11.8 Å². The first-order valence-corrected chi connectivity index (χ1v) is 4.88. The van der Waals surface area contributed by atoms with E-state index in [4.69, 9.17) is 10.8 Å². The Balaban J connectivity index is 3.31. The van der Waals surface area contributed by atoms with Crippen molar-refractivity contribution in [2.45, 2.75) is 25.2 Å². The van der Waals surface area contributed by atoms with Crippen molar-refractivity contribution < 1.29 is 5.11 Å². The van der Waals surface area contributed by atoms with Crippen molar-refractivity contribution in [3.63, 3.8) is 0 Å². The van der Waals surface area contributed by atoms with E-state index >= 15 is 0 Å². The summed E-state index contributed by atoms with van der Waals surface area (Å²) in [5.74, 6) is 0.934. The Hall–Kier alpha value is 0.01000. The van der Waals surface area contributed by atoms with Crippen LogP contribution in [0.3, 0.4) is 0 Å². The normalized spacial score (nSPS) is 17.1. The van der Waals surface area contributed by atoms with Gasteiger partial charge in [0.05, 0.1) is 6.10 Å². The van der Waals surface area contributed by atoms with E-state index in [9.17, 15) is 0 Å². The van der Waals surface area contributed by atoms with Gasteiger partial charge in [-0.1, -0.05) is 19.1 Å². The highest BCUT2D eigenvalue weighted by Crippen LogP contribution is 2.13. The summed E-state index contributed by atoms with van der Waals surface area (Å²) in [6.07, 6.45) is 3.73. The van der Waals surface area contributed by atoms with Gasteiger partial charge in [0.25, 0.3) is 0 Å². The van der Waals surface area contributed by atoms with E-state index in [1.807, 2.05) is 26.0 Å². The highest BCUT2D eigenvalue weighted by Gasteiger charge is 2.06. The summed E-state index contributed by atoms with van der Waals surface area (Å²) in [7, 11) is 0. The zero-order valence-corrected chi connectivity index (χ0v) is 7.97. The van der Waals surface area contributed by atoms with Gasteiger partial charge in [-0.2, -0.15) is 11.8 Å². The van der Waals surface area contributed by atoms with Gasteiger partial charge in [0.2, 0.25) is 0 Å². The highest BCUT2D eigenvalue weighted by molar-refractivity contribution is 8.00. The first-order chi connectivity index (χ1) is 5.18. The molecule has 0 aliphatic heterocycles. The van der Waals surface area contributed by atoms with Gasteiger partial charge in [0.1, 0.15) is 0 Å². The first kappa shape index (κ1) is 11.0. The maximum Gasteiger partial charge on any atom is 0.0628 e. The van der Waals surface area contributed by atoms with Gasteiger partial charge in [-0.05, 0) is 6.92 Å². The Morgan fingerprint density at radius 1 is 1.45 bits per heavy atom. The summed E-state index contributed by atoms with van der Waals surface area (Å²) in [4.78, 5) is 0. The maximum atomic E-state index is 9.11. The molecule has 2 nitrogen and oxygen atoms in total. The van der Waals surface area contributed by atoms with E-state index in [0.717, 1.165) is 5.75 Å². The predicted molar refractivity (Wildman–Crippen MR) is 51.8 cm³/mol. The lowest BCUT2D eigenvalue weighted by molar-refractivity contribution is 0.196. The summed E-state index contributed by atoms with van der Waals surface area (Å²) < 4.78 is 0. The van der Waals surface area contributed by atoms with Crippen molar-refractivity contribution in [3.8, 4) is 0 Å². The topological polar surface area (TPSA) is 46.2 Å². The molecule has 0 spiro atoms. The molecule has 0 aromatic carbocycles. The second-order valence-electron chi connectivity index (χ2n) is 2.49. The zero-order valence-electron chi connectivity index (χ0n) is 7.16. The zero-order chi connectivity index (χ0) is 8.69. The van der Waals surface area contributed by atoms with Gasteiger partial charge in [0, 0.05) is 17.5 Å². The Morgan fingerprint density at radius 2 is 2.09 bits per heavy atom. The molecule has 0 radical (unpaired) electrons. The van der Waals surface area contributed by atoms with Crippen LogP contribution < -0.4 is 5.73 Å². The summed E-state index contributed by atoms with van der Waals surface area (Å²) >= 11 is 1.73. The Kier molecular flexibility index (Phi) is 6.71. The molecule has 3 N–H and O–H groups in total. The summed E-state index contributed by atoms with van der Waals surface area (Å²) in [5.41, 5.74) is 5.26. The monoisotopic (exact) mass is 175 g/mol. The van der Waals surface area contributed by atoms with Crippen LogP contribution in [0, 0.1) is 0 Å². The molecule has 2 atom stereocenters. The van der Waals surface area contributed by atoms with E-state index in [1.54, 1.807) is 11.8 Å². The summed E-state index contributed by atoms with van der Waals surface area (Å²) in [5, 5.41) is 9.41. The van der Waals surface area contributed by atoms with Crippen molar-refractivity contribution >= 4 is 11.8 Å². The Morgan fingerprint density at radius 3 is 2.55 bits per heavy atom. The smallest absolute Gasteiger partial charge is 0.0628 e. The number of thioether (sulfide) groups is 1. The lowest BCUT2D eigenvalue weighted by Gasteiger charge is -2.11. The third-order valence-electron chi connectivity index (χ3n) is 1.44. The van der Waals surface area contributed by atoms with E-state index in [-0.39, 0.29) is 6.10 Å². The number of hydrogen-bond donors (Lipinski definition) is 2. The molecular weight excluding hydrogens is 158 g/mol. The van der Waals surface area contributed by atoms with E-state index in [1.165, 1.54) is 0 Å². The third-order valence-corrected chi connectivity index (χ3v) is 2.74. The minimum atomic E-state index is -0.230. The Labute approximate surface area is 72.9 Å². The molecule has 0 rings (SSSR count). The van der Waals surface area contributed by atoms with Gasteiger partial charge < -0.3 is 10.8 Å². The Bertz CT molecular complexity index is 115. The first-order valence-electron chi connectivity index (χ1n) is 3.83. The molecular formula is C8H17NOS. The van der Waals surface area contributed by atoms with Gasteiger partial charge in [-0.25, -0.2) is 0 Å². The second-order valence-corrected chi connectivity index (χ2v) is 3.90. The molecule has 66 valence electrons. The highest BCUT2D eigenvalue weighted by atomic mass is 32.2. The fraction of sp³-hybridized carbons (Fsp3) is 0.750. The second kappa shape index (κ2) is 6.70. The molecule has 0 aromatic heterocycles. The number of aliphatic hydroxyl groups is 1. The molecule has 0 aliphatic carbocycles. The number of aliphatic hydroxyl groups excluding tert-OH is 1. The van der Waals surface area contributed by atoms with Gasteiger partial charge in [0.15, 0.2) is 0 Å². The van der Waals surface area contributed by atoms with Crippen LogP contribution in [-0.2, 0) is 0 Å². The minimum absolute atomic E-state index is 0.230. The van der Waals surface area contributed by atoms with Crippen LogP contribution in [0.5, 0.6) is 0 Å². The molecule has 0 heterocycles. The molecule has 3 heteroatoms. The molecule has 0 aromatic rings. The maximum absolute atomic E-state index is 9.11. The largest absolute Gasteiger partial charge is 0.392 e. The molecule has 0 fully saturated rings. The fourth-order valence-electron chi connectivity index (χ4n) is 0.511. The fourth-order valence-corrected chi connectivity index (χ4v) is 1.34. The molecule has 0 bridgehead atoms. The average Bonchev–Trinajstić information content (AvgIpc) is 1.97. The van der Waals surface area contributed by atoms with Crippen LogP contribution in [0.1, 0.15) is 13.8 Å². The van der Waals surface area contributed by atoms with Crippen molar-refractivity contribution in [3.05, 3.63) is 12.2 Å². The standard InChI is InChI=1S/C8H17NOS/c1-7(10)8(2)11-6-4-3-5-9/h3-4,7-8,10H,5-6,9H2,1-2H3/b4-3+. The molecule has 2 unspecified atom stereocenters. The third kappa shape index (κ3) is 6.41. The quantitative estimate of drug-likeness (QED) is 0.613. The lowest BCUT2D eigenvalue weighted by Crippen LogP contribution is -2.15. The van der Waals surface area contributed by atoms with E-state index in [0.29, 0.717) is 11.8 Å². The van der Waals surface area contributed by atoms with Crippen LogP contribution in [0.2, 0.25) is 0 Å². The van der Waals surface area contributed by atoms with Crippen LogP contribution in [0.15, 0.2) is 12.2 Å². The van der Waals surface area contributed by atoms with E-state index < -0.39 is 0 Å². The SMILES string of the molecule is CC(O)C(C)SC/C=C/CN. The van der Waals surface area contributed by atoms with Crippen molar-refractivity contribution in [1.29, 1.82) is 0 Å². The number of rotatable bonds is 5. The summed E-state index contributed by atoms with van der Waals surface area (Å²) in [6.45, 7) is 4.43. The molecule has 0 aliphatic rings. The molecule has 11 heavy (non-hydrogen) atoms. The van der Waals surface area contributed by atoms with Crippen molar-refractivity contribution in [2.75, 3.05) is 12.3 Å². The number of hydrogen-bond acceptors (Lipinski definition) is 3. The molecule has 0 saturated heterocycles. The van der Waals surface area contributed by atoms with Crippen LogP contribution in [-0.4, -0.2) is 28.8 Å². The lowest BCUT2D eigenvalue weighted by atomic mass is 10.3. The minimum Gasteiger partial charge on any atom is -0.392 e. The van der Waals surface area contributed by atoms with Gasteiger partial charge >= 0.3 is 0 Å². The van der Waals surface area contributed by atoms with Crippen LogP contribution in [0.25, 0.3) is 0 Å². The van der Waals surface area contributed by atoms with E-state index in [2.05, 4.69) is 0 Å². The van der Waals surface area contributed by atoms with Crippen molar-refractivity contribution in [2.24, 2.45) is 5.73 Å². The average molecular weight is 175 g/mol. The molecule has 0 amide bonds. The summed E-state index contributed by atoms with van der Waals surface area (Å²) in [6, 6.07) is 0. The van der Waals surface area contributed by atoms with Gasteiger partial charge in [-0.15, -0.1) is 0 Å². The molecule has 0 saturated carbocycles. The van der Waals surface area contributed by atoms with Crippen molar-refractivity contribution in [1.82, 2.24) is 0 Å².